The van der Waals surface area contributed by atoms with Crippen LogP contribution in [0.2, 0.25) is 0 Å². The van der Waals surface area contributed by atoms with Crippen LogP contribution >= 0.6 is 0 Å². The van der Waals surface area contributed by atoms with E-state index in [1.807, 2.05) is 0 Å². The highest BCUT2D eigenvalue weighted by Crippen LogP contribution is 2.24. The van der Waals surface area contributed by atoms with Gasteiger partial charge in [0, 0.05) is 6.54 Å². The van der Waals surface area contributed by atoms with E-state index in [9.17, 15) is 4.79 Å². The van der Waals surface area contributed by atoms with Crippen molar-refractivity contribution in [3.8, 4) is 17.6 Å². The van der Waals surface area contributed by atoms with Crippen molar-refractivity contribution in [2.45, 2.75) is 13.0 Å². The SMILES string of the molecule is N#CCC(=O)NCc1ccc(O)c(O)c1. The van der Waals surface area contributed by atoms with E-state index in [2.05, 4.69) is 5.32 Å². The number of nitriles is 1. The molecule has 0 aliphatic heterocycles. The van der Waals surface area contributed by atoms with Crippen LogP contribution in [-0.4, -0.2) is 16.1 Å². The van der Waals surface area contributed by atoms with Gasteiger partial charge in [-0.15, -0.1) is 0 Å². The molecule has 1 amide bonds. The zero-order valence-electron chi connectivity index (χ0n) is 7.90. The molecule has 0 bridgehead atoms. The zero-order chi connectivity index (χ0) is 11.3. The summed E-state index contributed by atoms with van der Waals surface area (Å²) in [5.74, 6) is -0.811. The Kier molecular flexibility index (Phi) is 3.52. The van der Waals surface area contributed by atoms with E-state index >= 15 is 0 Å². The maximum Gasteiger partial charge on any atom is 0.234 e. The summed E-state index contributed by atoms with van der Waals surface area (Å²) >= 11 is 0. The molecule has 0 heterocycles. The van der Waals surface area contributed by atoms with Gasteiger partial charge in [-0.25, -0.2) is 0 Å². The largest absolute Gasteiger partial charge is 0.504 e. The van der Waals surface area contributed by atoms with Crippen LogP contribution in [0.3, 0.4) is 0 Å². The first-order valence-electron chi connectivity index (χ1n) is 4.28. The predicted molar refractivity (Wildman–Crippen MR) is 51.8 cm³/mol. The molecule has 0 atom stereocenters. The number of nitrogens with zero attached hydrogens (tertiary/aromatic N) is 1. The van der Waals surface area contributed by atoms with Crippen LogP contribution in [0, 0.1) is 11.3 Å². The smallest absolute Gasteiger partial charge is 0.234 e. The van der Waals surface area contributed by atoms with E-state index in [1.165, 1.54) is 12.1 Å². The van der Waals surface area contributed by atoms with Gasteiger partial charge in [-0.2, -0.15) is 5.26 Å². The van der Waals surface area contributed by atoms with Crippen molar-refractivity contribution in [2.75, 3.05) is 0 Å². The van der Waals surface area contributed by atoms with Gasteiger partial charge in [0.1, 0.15) is 6.42 Å². The molecule has 1 rings (SSSR count). The van der Waals surface area contributed by atoms with Crippen molar-refractivity contribution in [1.29, 1.82) is 5.26 Å². The Morgan fingerprint density at radius 3 is 2.73 bits per heavy atom. The van der Waals surface area contributed by atoms with Crippen LogP contribution in [0.25, 0.3) is 0 Å². The van der Waals surface area contributed by atoms with E-state index in [-0.39, 0.29) is 30.4 Å². The van der Waals surface area contributed by atoms with Crippen LogP contribution < -0.4 is 5.32 Å². The number of rotatable bonds is 3. The van der Waals surface area contributed by atoms with Crippen molar-refractivity contribution >= 4 is 5.91 Å². The second-order valence-electron chi connectivity index (χ2n) is 2.93. The van der Waals surface area contributed by atoms with Crippen molar-refractivity contribution in [1.82, 2.24) is 5.32 Å². The zero-order valence-corrected chi connectivity index (χ0v) is 7.90. The lowest BCUT2D eigenvalue weighted by atomic mass is 10.2. The Morgan fingerprint density at radius 2 is 2.13 bits per heavy atom. The number of hydrogen-bond donors (Lipinski definition) is 3. The lowest BCUT2D eigenvalue weighted by molar-refractivity contribution is -0.120. The summed E-state index contributed by atoms with van der Waals surface area (Å²) in [5, 5.41) is 28.9. The van der Waals surface area contributed by atoms with Crippen LogP contribution in [0.5, 0.6) is 11.5 Å². The summed E-state index contributed by atoms with van der Waals surface area (Å²) in [5.41, 5.74) is 0.650. The molecule has 5 heteroatoms. The van der Waals surface area contributed by atoms with Gasteiger partial charge < -0.3 is 15.5 Å². The average molecular weight is 206 g/mol. The van der Waals surface area contributed by atoms with E-state index in [0.717, 1.165) is 0 Å². The fourth-order valence-electron chi connectivity index (χ4n) is 1.01. The summed E-state index contributed by atoms with van der Waals surface area (Å²) < 4.78 is 0. The standard InChI is InChI=1S/C10H10N2O3/c11-4-3-10(15)12-6-7-1-2-8(13)9(14)5-7/h1-2,5,13-14H,3,6H2,(H,12,15). The number of aromatic hydroxyl groups is 2. The Labute approximate surface area is 86.6 Å². The summed E-state index contributed by atoms with van der Waals surface area (Å²) in [4.78, 5) is 10.9. The Balaban J connectivity index is 2.55. The lowest BCUT2D eigenvalue weighted by Gasteiger charge is -2.04. The molecule has 0 unspecified atom stereocenters. The molecule has 0 aliphatic rings. The van der Waals surface area contributed by atoms with Gasteiger partial charge in [-0.05, 0) is 17.7 Å². The number of carbonyl (C=O) groups is 1. The van der Waals surface area contributed by atoms with Gasteiger partial charge in [0.25, 0.3) is 0 Å². The minimum absolute atomic E-state index is 0.190. The molecule has 0 saturated heterocycles. The molecule has 78 valence electrons. The van der Waals surface area contributed by atoms with Crippen LogP contribution in [0.1, 0.15) is 12.0 Å². The minimum Gasteiger partial charge on any atom is -0.504 e. The highest BCUT2D eigenvalue weighted by atomic mass is 16.3. The molecule has 0 aliphatic carbocycles. The Morgan fingerprint density at radius 1 is 1.40 bits per heavy atom. The van der Waals surface area contributed by atoms with Gasteiger partial charge in [0.15, 0.2) is 11.5 Å². The fraction of sp³-hybridized carbons (Fsp3) is 0.200. The molecule has 15 heavy (non-hydrogen) atoms. The molecular weight excluding hydrogens is 196 g/mol. The van der Waals surface area contributed by atoms with Gasteiger partial charge in [0.2, 0.25) is 5.91 Å². The first kappa shape index (κ1) is 10.9. The number of nitrogens with one attached hydrogen (secondary N) is 1. The van der Waals surface area contributed by atoms with Crippen molar-refractivity contribution in [3.05, 3.63) is 23.8 Å². The summed E-state index contributed by atoms with van der Waals surface area (Å²) in [6.07, 6.45) is -0.190. The van der Waals surface area contributed by atoms with E-state index in [4.69, 9.17) is 15.5 Å². The molecule has 0 spiro atoms. The Bertz CT molecular complexity index is 410. The van der Waals surface area contributed by atoms with E-state index < -0.39 is 0 Å². The summed E-state index contributed by atoms with van der Waals surface area (Å²) in [6, 6.07) is 5.98. The highest BCUT2D eigenvalue weighted by Gasteiger charge is 2.02. The molecule has 0 saturated carbocycles. The number of benzene rings is 1. The Hall–Kier alpha value is -2.22. The average Bonchev–Trinajstić information content (AvgIpc) is 2.20. The third-order valence-electron chi connectivity index (χ3n) is 1.77. The topological polar surface area (TPSA) is 93.4 Å². The number of phenols is 2. The summed E-state index contributed by atoms with van der Waals surface area (Å²) in [7, 11) is 0. The molecule has 5 nitrogen and oxygen atoms in total. The van der Waals surface area contributed by atoms with Crippen LogP contribution in [0.4, 0.5) is 0 Å². The molecule has 0 fully saturated rings. The molecular formula is C10H10N2O3. The number of carbonyl (C=O) groups excluding carboxylic acids is 1. The second kappa shape index (κ2) is 4.86. The quantitative estimate of drug-likeness (QED) is 0.632. The maximum absolute atomic E-state index is 10.9. The van der Waals surface area contributed by atoms with E-state index in [0.29, 0.717) is 5.56 Å². The summed E-state index contributed by atoms with van der Waals surface area (Å²) in [6.45, 7) is 0.217. The van der Waals surface area contributed by atoms with E-state index in [1.54, 1.807) is 12.1 Å². The van der Waals surface area contributed by atoms with Crippen LogP contribution in [0.15, 0.2) is 18.2 Å². The predicted octanol–water partition coefficient (Wildman–Crippen LogP) is 0.628. The minimum atomic E-state index is -0.370. The van der Waals surface area contributed by atoms with Gasteiger partial charge in [-0.3, -0.25) is 4.79 Å². The van der Waals surface area contributed by atoms with Gasteiger partial charge in [0.05, 0.1) is 6.07 Å². The number of phenolic OH excluding ortho intramolecular Hbond substituents is 2. The first-order valence-corrected chi connectivity index (χ1v) is 4.28. The maximum atomic E-state index is 10.9. The van der Waals surface area contributed by atoms with Gasteiger partial charge in [-0.1, -0.05) is 6.07 Å². The monoisotopic (exact) mass is 206 g/mol. The highest BCUT2D eigenvalue weighted by molar-refractivity contribution is 5.77. The van der Waals surface area contributed by atoms with Crippen LogP contribution in [-0.2, 0) is 11.3 Å². The van der Waals surface area contributed by atoms with Crippen molar-refractivity contribution < 1.29 is 15.0 Å². The molecule has 0 aromatic heterocycles. The first-order chi connectivity index (χ1) is 7.13. The number of hydrogen-bond acceptors (Lipinski definition) is 4. The lowest BCUT2D eigenvalue weighted by Crippen LogP contribution is -2.21. The third-order valence-corrected chi connectivity index (χ3v) is 1.77. The number of amides is 1. The normalized spacial score (nSPS) is 9.27. The van der Waals surface area contributed by atoms with Gasteiger partial charge >= 0.3 is 0 Å². The molecule has 1 aromatic rings. The molecule has 3 N–H and O–H groups in total. The van der Waals surface area contributed by atoms with Crippen molar-refractivity contribution in [3.63, 3.8) is 0 Å². The molecule has 1 aromatic carbocycles. The van der Waals surface area contributed by atoms with Crippen molar-refractivity contribution in [2.24, 2.45) is 0 Å². The molecule has 0 radical (unpaired) electrons. The second-order valence-corrected chi connectivity index (χ2v) is 2.93. The third kappa shape index (κ3) is 3.19. The fourth-order valence-corrected chi connectivity index (χ4v) is 1.01.